The molecule has 0 radical (unpaired) electrons. The molecule has 0 bridgehead atoms. The van der Waals surface area contributed by atoms with Crippen LogP contribution in [0.5, 0.6) is 5.75 Å². The first kappa shape index (κ1) is 44.4. The minimum atomic E-state index is -5.40. The summed E-state index contributed by atoms with van der Waals surface area (Å²) < 4.78 is 27.8. The van der Waals surface area contributed by atoms with Crippen molar-refractivity contribution in [1.29, 1.82) is 0 Å². The maximum absolute atomic E-state index is 14.1. The number of benzene rings is 3. The van der Waals surface area contributed by atoms with E-state index in [9.17, 15) is 28.7 Å². The Balaban J connectivity index is 0.00000756. The standard InChI is InChI=1S/C38H51N4O9P.Ca/c1-26(2)35(42-20-12-19-39-38(42)45)37(44)40-31(21-29-15-7-5-8-16-29)23-33(50-25-51-52(46,47)48)32(22-30-17-9-6-10-18-30)41-34(43)24-49-36-27(3)13-11-14-28(36)4;/h5-11,13-18,26,31-33,35H,12,19-25H2,1-4H3,(H,39,45)(H,40,44)(H,41,43)(H2,46,47,48);/q;+2/p-2/t31-,32-,33?,35-;/m0./s1. The first-order chi connectivity index (χ1) is 24.8. The van der Waals surface area contributed by atoms with Crippen LogP contribution in [-0.4, -0.2) is 111 Å². The fraction of sp³-hybridized carbons (Fsp3) is 0.447. The number of aryl methyl sites for hydroxylation is 2. The van der Waals surface area contributed by atoms with Crippen LogP contribution in [0.15, 0.2) is 78.9 Å². The van der Waals surface area contributed by atoms with Crippen LogP contribution in [0.25, 0.3) is 0 Å². The molecule has 1 aliphatic rings. The fourth-order valence-corrected chi connectivity index (χ4v) is 6.65. The van der Waals surface area contributed by atoms with Crippen molar-refractivity contribution in [3.05, 3.63) is 101 Å². The number of phosphoric ester groups is 1. The van der Waals surface area contributed by atoms with Gasteiger partial charge >= 0.3 is 43.8 Å². The number of phosphoric acid groups is 1. The van der Waals surface area contributed by atoms with Gasteiger partial charge in [-0.3, -0.25) is 9.59 Å². The monoisotopic (exact) mass is 776 g/mol. The van der Waals surface area contributed by atoms with Gasteiger partial charge in [-0.15, -0.1) is 0 Å². The van der Waals surface area contributed by atoms with Gasteiger partial charge in [0.15, 0.2) is 13.4 Å². The van der Waals surface area contributed by atoms with E-state index in [2.05, 4.69) is 20.5 Å². The predicted molar refractivity (Wildman–Crippen MR) is 198 cm³/mol. The molecular weight excluding hydrogens is 727 g/mol. The van der Waals surface area contributed by atoms with Crippen LogP contribution < -0.4 is 30.5 Å². The SMILES string of the molecule is Cc1cccc(C)c1OCC(=O)N[C@@H](Cc1ccccc1)C(C[C@H](Cc1ccccc1)NC(=O)[C@H](C(C)C)N1CCCNC1=O)OCOP(=O)([O-])[O-].[Ca+2]. The molecule has 282 valence electrons. The van der Waals surface area contributed by atoms with Gasteiger partial charge in [-0.1, -0.05) is 92.7 Å². The zero-order valence-electron chi connectivity index (χ0n) is 30.8. The summed E-state index contributed by atoms with van der Waals surface area (Å²) >= 11 is 0. The summed E-state index contributed by atoms with van der Waals surface area (Å²) in [6, 6.07) is 21.9. The predicted octanol–water partition coefficient (Wildman–Crippen LogP) is 2.77. The normalized spacial score (nSPS) is 15.4. The number of nitrogens with one attached hydrogen (secondary N) is 3. The van der Waals surface area contributed by atoms with E-state index in [0.717, 1.165) is 22.3 Å². The number of urea groups is 1. The van der Waals surface area contributed by atoms with Crippen molar-refractivity contribution in [3.8, 4) is 5.75 Å². The zero-order valence-corrected chi connectivity index (χ0v) is 33.9. The molecule has 0 spiro atoms. The van der Waals surface area contributed by atoms with E-state index in [1.165, 1.54) is 0 Å². The van der Waals surface area contributed by atoms with E-state index in [1.807, 2.05) is 107 Å². The van der Waals surface area contributed by atoms with E-state index in [-0.39, 0.29) is 75.0 Å². The molecule has 0 aromatic heterocycles. The van der Waals surface area contributed by atoms with Crippen LogP contribution in [0, 0.1) is 19.8 Å². The Kier molecular flexibility index (Phi) is 18.2. The Bertz CT molecular complexity index is 1640. The topological polar surface area (TPSA) is 181 Å². The number of carbonyl (C=O) groups is 3. The maximum Gasteiger partial charge on any atom is 2.00 e. The molecule has 4 rings (SSSR count). The third-order valence-corrected chi connectivity index (χ3v) is 9.30. The van der Waals surface area contributed by atoms with E-state index < -0.39 is 44.8 Å². The second-order valence-corrected chi connectivity index (χ2v) is 14.5. The largest absolute Gasteiger partial charge is 2.00 e. The molecule has 1 saturated heterocycles. The van der Waals surface area contributed by atoms with Gasteiger partial charge in [-0.2, -0.15) is 0 Å². The first-order valence-electron chi connectivity index (χ1n) is 17.5. The van der Waals surface area contributed by atoms with Crippen molar-refractivity contribution in [2.24, 2.45) is 5.92 Å². The van der Waals surface area contributed by atoms with Gasteiger partial charge < -0.3 is 49.2 Å². The zero-order chi connectivity index (χ0) is 37.7. The Hall–Kier alpha value is -3.00. The summed E-state index contributed by atoms with van der Waals surface area (Å²) in [6.45, 7) is 7.26. The van der Waals surface area contributed by atoms with Crippen molar-refractivity contribution in [1.82, 2.24) is 20.9 Å². The van der Waals surface area contributed by atoms with Crippen molar-refractivity contribution >= 4 is 63.4 Å². The van der Waals surface area contributed by atoms with Gasteiger partial charge in [0.1, 0.15) is 11.8 Å². The number of ether oxygens (including phenoxy) is 2. The molecular formula is C38H49CaN4O9P. The quantitative estimate of drug-likeness (QED) is 0.0938. The van der Waals surface area contributed by atoms with Crippen LogP contribution in [0.3, 0.4) is 0 Å². The van der Waals surface area contributed by atoms with Crippen molar-refractivity contribution in [2.45, 2.75) is 77.6 Å². The number of hydrogen-bond donors (Lipinski definition) is 3. The molecule has 0 aliphatic carbocycles. The molecule has 13 nitrogen and oxygen atoms in total. The van der Waals surface area contributed by atoms with Crippen LogP contribution in [-0.2, 0) is 36.3 Å². The van der Waals surface area contributed by atoms with Gasteiger partial charge in [0.2, 0.25) is 5.91 Å². The maximum atomic E-state index is 14.1. The van der Waals surface area contributed by atoms with Crippen LogP contribution >= 0.6 is 7.82 Å². The molecule has 53 heavy (non-hydrogen) atoms. The summed E-state index contributed by atoms with van der Waals surface area (Å²) in [4.78, 5) is 64.8. The van der Waals surface area contributed by atoms with Gasteiger partial charge in [-0.05, 0) is 67.7 Å². The number of rotatable bonds is 19. The fourth-order valence-electron chi connectivity index (χ4n) is 6.46. The Morgan fingerprint density at radius 1 is 0.906 bits per heavy atom. The van der Waals surface area contributed by atoms with Crippen molar-refractivity contribution in [3.63, 3.8) is 0 Å². The summed E-state index contributed by atoms with van der Waals surface area (Å²) in [5, 5.41) is 8.95. The minimum Gasteiger partial charge on any atom is -0.790 e. The first-order valence-corrected chi connectivity index (χ1v) is 19.0. The molecule has 1 aliphatic heterocycles. The van der Waals surface area contributed by atoms with Crippen LogP contribution in [0.2, 0.25) is 0 Å². The van der Waals surface area contributed by atoms with Crippen molar-refractivity contribution in [2.75, 3.05) is 26.5 Å². The average molecular weight is 777 g/mol. The third kappa shape index (κ3) is 14.6. The molecule has 1 unspecified atom stereocenters. The Morgan fingerprint density at radius 2 is 1.51 bits per heavy atom. The summed E-state index contributed by atoms with van der Waals surface area (Å²) in [7, 11) is -5.40. The molecule has 3 N–H and O–H groups in total. The Morgan fingerprint density at radius 3 is 2.08 bits per heavy atom. The van der Waals surface area contributed by atoms with Gasteiger partial charge in [0.25, 0.3) is 5.91 Å². The number of hydrogen-bond acceptors (Lipinski definition) is 9. The molecule has 3 aromatic carbocycles. The second kappa shape index (κ2) is 21.8. The molecule has 1 fully saturated rings. The van der Waals surface area contributed by atoms with Crippen LogP contribution in [0.4, 0.5) is 4.79 Å². The summed E-state index contributed by atoms with van der Waals surface area (Å²) in [6.07, 6.45) is 0.386. The molecule has 3 aromatic rings. The van der Waals surface area contributed by atoms with E-state index in [0.29, 0.717) is 31.7 Å². The molecule has 4 atom stereocenters. The average Bonchev–Trinajstić information content (AvgIpc) is 3.08. The third-order valence-electron chi connectivity index (χ3n) is 8.88. The van der Waals surface area contributed by atoms with E-state index in [4.69, 9.17) is 9.47 Å². The summed E-state index contributed by atoms with van der Waals surface area (Å²) in [5.41, 5.74) is 3.48. The number of nitrogens with zero attached hydrogens (tertiary/aromatic N) is 1. The number of carbonyl (C=O) groups excluding carboxylic acids is 3. The second-order valence-electron chi connectivity index (χ2n) is 13.4. The van der Waals surface area contributed by atoms with Crippen molar-refractivity contribution < 1.29 is 42.7 Å². The van der Waals surface area contributed by atoms with Gasteiger partial charge in [0.05, 0.1) is 20.0 Å². The molecule has 4 amide bonds. The molecule has 0 saturated carbocycles. The van der Waals surface area contributed by atoms with Gasteiger partial charge in [0, 0.05) is 19.1 Å². The molecule has 1 heterocycles. The number of amides is 4. The molecule has 15 heteroatoms. The van der Waals surface area contributed by atoms with Gasteiger partial charge in [-0.25, -0.2) is 4.79 Å². The smallest absolute Gasteiger partial charge is 0.790 e. The number of para-hydroxylation sites is 1. The van der Waals surface area contributed by atoms with E-state index >= 15 is 0 Å². The Labute approximate surface area is 341 Å². The van der Waals surface area contributed by atoms with E-state index in [1.54, 1.807) is 4.90 Å². The minimum absolute atomic E-state index is 0. The van der Waals surface area contributed by atoms with Crippen LogP contribution in [0.1, 0.15) is 48.9 Å². The summed E-state index contributed by atoms with van der Waals surface area (Å²) in [5.74, 6) is -0.451.